The highest BCUT2D eigenvalue weighted by Gasteiger charge is 2.21. The van der Waals surface area contributed by atoms with Gasteiger partial charge in [-0.3, -0.25) is 9.59 Å². The number of benzene rings is 1. The molecule has 0 bridgehead atoms. The van der Waals surface area contributed by atoms with Gasteiger partial charge in [-0.05, 0) is 18.2 Å². The Morgan fingerprint density at radius 3 is 2.90 bits per heavy atom. The number of anilines is 1. The van der Waals surface area contributed by atoms with Crippen LogP contribution in [0.4, 0.5) is 5.69 Å². The van der Waals surface area contributed by atoms with Gasteiger partial charge in [-0.1, -0.05) is 13.8 Å². The molecule has 0 saturated heterocycles. The van der Waals surface area contributed by atoms with E-state index in [9.17, 15) is 9.59 Å². The van der Waals surface area contributed by atoms with Gasteiger partial charge in [0.1, 0.15) is 5.75 Å². The maximum atomic E-state index is 12.1. The zero-order valence-electron chi connectivity index (χ0n) is 12.1. The Hall–Kier alpha value is -1.88. The third-order valence-corrected chi connectivity index (χ3v) is 3.26. The number of hydrogen-bond acceptors (Lipinski definition) is 4. The molecule has 108 valence electrons. The molecular formula is C15H20N2O3. The van der Waals surface area contributed by atoms with Gasteiger partial charge in [0.2, 0.25) is 5.91 Å². The van der Waals surface area contributed by atoms with Crippen LogP contribution in [-0.4, -0.2) is 37.9 Å². The fourth-order valence-electron chi connectivity index (χ4n) is 2.02. The minimum Gasteiger partial charge on any atom is -0.491 e. The standard InChI is InChI=1S/C15H20N2O3/c1-10(2)16-9-13(18)11-4-5-14-12(8-11)17(3)15(19)6-7-20-14/h4-5,8,10,16H,6-7,9H2,1-3H3. The molecule has 1 aromatic rings. The number of ketones is 1. The van der Waals surface area contributed by atoms with Crippen LogP contribution in [0.3, 0.4) is 0 Å². The SMILES string of the molecule is CC(C)NCC(=O)c1ccc2c(c1)N(C)C(=O)CCO2. The van der Waals surface area contributed by atoms with Crippen molar-refractivity contribution in [3.63, 3.8) is 0 Å². The van der Waals surface area contributed by atoms with E-state index >= 15 is 0 Å². The zero-order chi connectivity index (χ0) is 14.7. The lowest BCUT2D eigenvalue weighted by atomic mass is 10.1. The molecule has 0 saturated carbocycles. The number of nitrogens with zero attached hydrogens (tertiary/aromatic N) is 1. The summed E-state index contributed by atoms with van der Waals surface area (Å²) in [5, 5.41) is 3.09. The van der Waals surface area contributed by atoms with Gasteiger partial charge in [-0.25, -0.2) is 0 Å². The number of amides is 1. The first-order valence-corrected chi connectivity index (χ1v) is 6.79. The summed E-state index contributed by atoms with van der Waals surface area (Å²) in [4.78, 5) is 25.5. The summed E-state index contributed by atoms with van der Waals surface area (Å²) < 4.78 is 5.53. The lowest BCUT2D eigenvalue weighted by molar-refractivity contribution is -0.118. The molecule has 1 aliphatic heterocycles. The average molecular weight is 276 g/mol. The third-order valence-electron chi connectivity index (χ3n) is 3.26. The van der Waals surface area contributed by atoms with Gasteiger partial charge in [-0.2, -0.15) is 0 Å². The Bertz CT molecular complexity index is 526. The Morgan fingerprint density at radius 1 is 1.45 bits per heavy atom. The summed E-state index contributed by atoms with van der Waals surface area (Å²) in [6.07, 6.45) is 0.351. The van der Waals surface area contributed by atoms with Gasteiger partial charge in [0, 0.05) is 18.7 Å². The number of nitrogens with one attached hydrogen (secondary N) is 1. The van der Waals surface area contributed by atoms with Gasteiger partial charge in [0.15, 0.2) is 5.78 Å². The van der Waals surface area contributed by atoms with Crippen LogP contribution in [-0.2, 0) is 4.79 Å². The van der Waals surface area contributed by atoms with E-state index in [1.165, 1.54) is 0 Å². The summed E-state index contributed by atoms with van der Waals surface area (Å²) in [5.74, 6) is 0.645. The number of ether oxygens (including phenoxy) is 1. The molecule has 0 radical (unpaired) electrons. The van der Waals surface area contributed by atoms with Crippen LogP contribution in [0.2, 0.25) is 0 Å². The number of rotatable bonds is 4. The maximum absolute atomic E-state index is 12.1. The quantitative estimate of drug-likeness (QED) is 0.849. The molecule has 0 aromatic heterocycles. The van der Waals surface area contributed by atoms with Gasteiger partial charge < -0.3 is 15.0 Å². The van der Waals surface area contributed by atoms with Crippen LogP contribution < -0.4 is 15.0 Å². The third kappa shape index (κ3) is 3.17. The molecule has 0 fully saturated rings. The highest BCUT2D eigenvalue weighted by Crippen LogP contribution is 2.31. The molecule has 1 amide bonds. The van der Waals surface area contributed by atoms with E-state index < -0.39 is 0 Å². The van der Waals surface area contributed by atoms with Gasteiger partial charge in [-0.15, -0.1) is 0 Å². The van der Waals surface area contributed by atoms with E-state index in [4.69, 9.17) is 4.74 Å². The largest absolute Gasteiger partial charge is 0.491 e. The molecule has 0 aliphatic carbocycles. The highest BCUT2D eigenvalue weighted by molar-refractivity contribution is 6.01. The van der Waals surface area contributed by atoms with Gasteiger partial charge >= 0.3 is 0 Å². The molecule has 0 atom stereocenters. The monoisotopic (exact) mass is 276 g/mol. The van der Waals surface area contributed by atoms with E-state index in [-0.39, 0.29) is 24.3 Å². The molecule has 1 aromatic carbocycles. The predicted molar refractivity (Wildman–Crippen MR) is 77.4 cm³/mol. The minimum absolute atomic E-state index is 0.00588. The minimum atomic E-state index is -0.00588. The predicted octanol–water partition coefficient (Wildman–Crippen LogP) is 1.61. The number of carbonyl (C=O) groups excluding carboxylic acids is 2. The van der Waals surface area contributed by atoms with Crippen molar-refractivity contribution in [2.45, 2.75) is 26.3 Å². The van der Waals surface area contributed by atoms with Crippen LogP contribution >= 0.6 is 0 Å². The van der Waals surface area contributed by atoms with Crippen molar-refractivity contribution in [3.05, 3.63) is 23.8 Å². The Balaban J connectivity index is 2.24. The second kappa shape index (κ2) is 6.05. The van der Waals surface area contributed by atoms with Crippen LogP contribution in [0, 0.1) is 0 Å². The van der Waals surface area contributed by atoms with Gasteiger partial charge in [0.05, 0.1) is 25.3 Å². The van der Waals surface area contributed by atoms with Crippen molar-refractivity contribution in [1.82, 2.24) is 5.32 Å². The summed E-state index contributed by atoms with van der Waals surface area (Å²) in [6.45, 7) is 4.64. The smallest absolute Gasteiger partial charge is 0.230 e. The van der Waals surface area contributed by atoms with Crippen molar-refractivity contribution in [3.8, 4) is 5.75 Å². The van der Waals surface area contributed by atoms with E-state index in [0.717, 1.165) is 0 Å². The summed E-state index contributed by atoms with van der Waals surface area (Å²) in [6, 6.07) is 5.48. The summed E-state index contributed by atoms with van der Waals surface area (Å²) in [5.41, 5.74) is 1.24. The normalized spacial score (nSPS) is 14.8. The molecule has 0 unspecified atom stereocenters. The van der Waals surface area contributed by atoms with Crippen molar-refractivity contribution in [1.29, 1.82) is 0 Å². The molecule has 5 nitrogen and oxygen atoms in total. The highest BCUT2D eigenvalue weighted by atomic mass is 16.5. The van der Waals surface area contributed by atoms with E-state index in [2.05, 4.69) is 5.32 Å². The summed E-state index contributed by atoms with van der Waals surface area (Å²) in [7, 11) is 1.70. The lowest BCUT2D eigenvalue weighted by Gasteiger charge is -2.17. The number of fused-ring (bicyclic) bond motifs is 1. The van der Waals surface area contributed by atoms with Crippen LogP contribution in [0.15, 0.2) is 18.2 Å². The van der Waals surface area contributed by atoms with Crippen molar-refractivity contribution in [2.75, 3.05) is 25.1 Å². The van der Waals surface area contributed by atoms with Crippen molar-refractivity contribution < 1.29 is 14.3 Å². The second-order valence-electron chi connectivity index (χ2n) is 5.19. The number of Topliss-reactive ketones (excluding diaryl/α,β-unsaturated/α-hetero) is 1. The molecule has 1 N–H and O–H groups in total. The molecule has 1 aliphatic rings. The van der Waals surface area contributed by atoms with Gasteiger partial charge in [0.25, 0.3) is 0 Å². The molecular weight excluding hydrogens is 256 g/mol. The molecule has 20 heavy (non-hydrogen) atoms. The molecule has 2 rings (SSSR count). The maximum Gasteiger partial charge on any atom is 0.230 e. The summed E-state index contributed by atoms with van der Waals surface area (Å²) >= 11 is 0. The molecule has 0 spiro atoms. The topological polar surface area (TPSA) is 58.6 Å². The fraction of sp³-hybridized carbons (Fsp3) is 0.467. The van der Waals surface area contributed by atoms with Crippen molar-refractivity contribution in [2.24, 2.45) is 0 Å². The zero-order valence-corrected chi connectivity index (χ0v) is 12.1. The lowest BCUT2D eigenvalue weighted by Crippen LogP contribution is -2.29. The number of hydrogen-bond donors (Lipinski definition) is 1. The molecule has 1 heterocycles. The van der Waals surface area contributed by atoms with E-state index in [0.29, 0.717) is 30.0 Å². The second-order valence-corrected chi connectivity index (χ2v) is 5.19. The first-order chi connectivity index (χ1) is 9.49. The molecule has 5 heteroatoms. The van der Waals surface area contributed by atoms with E-state index in [1.807, 2.05) is 13.8 Å². The Morgan fingerprint density at radius 2 is 2.20 bits per heavy atom. The van der Waals surface area contributed by atoms with Crippen LogP contribution in [0.5, 0.6) is 5.75 Å². The first-order valence-electron chi connectivity index (χ1n) is 6.79. The number of carbonyl (C=O) groups is 2. The first kappa shape index (κ1) is 14.5. The van der Waals surface area contributed by atoms with Crippen molar-refractivity contribution >= 4 is 17.4 Å². The van der Waals surface area contributed by atoms with Crippen LogP contribution in [0.1, 0.15) is 30.6 Å². The Labute approximate surface area is 118 Å². The average Bonchev–Trinajstić information content (AvgIpc) is 2.56. The van der Waals surface area contributed by atoms with Crippen LogP contribution in [0.25, 0.3) is 0 Å². The van der Waals surface area contributed by atoms with E-state index in [1.54, 1.807) is 30.1 Å². The fourth-order valence-corrected chi connectivity index (χ4v) is 2.02. The Kier molecular flexibility index (Phi) is 4.39.